The molecule has 1 saturated heterocycles. The predicted molar refractivity (Wildman–Crippen MR) is 130 cm³/mol. The molecule has 0 bridgehead atoms. The zero-order valence-electron chi connectivity index (χ0n) is 18.2. The molecule has 1 amide bonds. The molecule has 1 heterocycles. The number of nitrogens with zero attached hydrogens (tertiary/aromatic N) is 3. The Labute approximate surface area is 199 Å². The number of ether oxygens (including phenoxy) is 1. The summed E-state index contributed by atoms with van der Waals surface area (Å²) in [4.78, 5) is 29.9. The molecule has 3 aromatic rings. The number of rotatable bonds is 7. The summed E-state index contributed by atoms with van der Waals surface area (Å²) in [5.41, 5.74) is 2.08. The van der Waals surface area contributed by atoms with E-state index in [1.54, 1.807) is 41.3 Å². The fraction of sp³-hybridized carbons (Fsp3) is 0.120. The van der Waals surface area contributed by atoms with Crippen LogP contribution in [0.4, 0.5) is 15.8 Å². The highest BCUT2D eigenvalue weighted by Crippen LogP contribution is 2.35. The first kappa shape index (κ1) is 23.2. The van der Waals surface area contributed by atoms with Gasteiger partial charge in [-0.15, -0.1) is 0 Å². The maximum absolute atomic E-state index is 13.2. The number of likely N-dealkylation sites (N-methyl/N-ethyl adjacent to an activating group) is 1. The van der Waals surface area contributed by atoms with Crippen molar-refractivity contribution >= 4 is 40.3 Å². The second-order valence-corrected chi connectivity index (χ2v) is 8.29. The van der Waals surface area contributed by atoms with E-state index in [2.05, 4.69) is 4.99 Å². The van der Waals surface area contributed by atoms with Gasteiger partial charge in [-0.2, -0.15) is 0 Å². The Balaban J connectivity index is 1.55. The first-order chi connectivity index (χ1) is 16.4. The number of nitro groups is 1. The van der Waals surface area contributed by atoms with E-state index in [0.717, 1.165) is 11.1 Å². The maximum Gasteiger partial charge on any atom is 0.269 e. The Morgan fingerprint density at radius 3 is 2.47 bits per heavy atom. The largest absolute Gasteiger partial charge is 0.488 e. The SMILES string of the molecule is CCN1C(=O)/C(=C\c2ccccc2OCc2ccc([N+](=O)[O-])cc2)SC1=Nc1ccc(F)cc1. The lowest BCUT2D eigenvalue weighted by Crippen LogP contribution is -2.28. The fourth-order valence-corrected chi connectivity index (χ4v) is 4.30. The van der Waals surface area contributed by atoms with Gasteiger partial charge in [-0.25, -0.2) is 9.38 Å². The van der Waals surface area contributed by atoms with Crippen LogP contribution in [0.15, 0.2) is 82.7 Å². The van der Waals surface area contributed by atoms with Crippen LogP contribution in [-0.4, -0.2) is 27.4 Å². The molecule has 0 saturated carbocycles. The standard InChI is InChI=1S/C25H20FN3O4S/c1-2-28-24(30)23(34-25(28)27-20-11-9-19(26)10-12-20)15-18-5-3-4-6-22(18)33-16-17-7-13-21(14-8-17)29(31)32/h3-15H,2,16H2,1H3/b23-15+,27-25?. The number of benzene rings is 3. The third-order valence-electron chi connectivity index (χ3n) is 5.00. The topological polar surface area (TPSA) is 85.0 Å². The monoisotopic (exact) mass is 477 g/mol. The van der Waals surface area contributed by atoms with Crippen LogP contribution in [0.25, 0.3) is 6.08 Å². The van der Waals surface area contributed by atoms with Crippen LogP contribution < -0.4 is 4.74 Å². The van der Waals surface area contributed by atoms with Gasteiger partial charge in [0, 0.05) is 24.2 Å². The smallest absolute Gasteiger partial charge is 0.269 e. The van der Waals surface area contributed by atoms with E-state index in [9.17, 15) is 19.3 Å². The second-order valence-electron chi connectivity index (χ2n) is 7.28. The summed E-state index contributed by atoms with van der Waals surface area (Å²) in [7, 11) is 0. The summed E-state index contributed by atoms with van der Waals surface area (Å²) in [5.74, 6) is 0.0598. The van der Waals surface area contributed by atoms with Crippen molar-refractivity contribution in [3.05, 3.63) is 105 Å². The van der Waals surface area contributed by atoms with Gasteiger partial charge in [0.05, 0.1) is 15.5 Å². The maximum atomic E-state index is 13.2. The molecule has 4 rings (SSSR count). The van der Waals surface area contributed by atoms with E-state index in [1.165, 1.54) is 36.0 Å². The van der Waals surface area contributed by atoms with E-state index in [-0.39, 0.29) is 24.0 Å². The van der Waals surface area contributed by atoms with Crippen molar-refractivity contribution in [2.45, 2.75) is 13.5 Å². The molecule has 0 N–H and O–H groups in total. The summed E-state index contributed by atoms with van der Waals surface area (Å²) in [5, 5.41) is 11.3. The summed E-state index contributed by atoms with van der Waals surface area (Å²) in [6.07, 6.45) is 1.76. The number of carbonyl (C=O) groups excluding carboxylic acids is 1. The number of thioether (sulfide) groups is 1. The van der Waals surface area contributed by atoms with E-state index in [4.69, 9.17) is 4.74 Å². The Morgan fingerprint density at radius 2 is 1.79 bits per heavy atom. The van der Waals surface area contributed by atoms with Crippen molar-refractivity contribution in [3.8, 4) is 5.75 Å². The van der Waals surface area contributed by atoms with Crippen LogP contribution in [0.2, 0.25) is 0 Å². The number of hydrogen-bond donors (Lipinski definition) is 0. The summed E-state index contributed by atoms with van der Waals surface area (Å²) in [6.45, 7) is 2.53. The van der Waals surface area contributed by atoms with Gasteiger partial charge in [-0.3, -0.25) is 19.8 Å². The molecule has 1 aliphatic rings. The summed E-state index contributed by atoms with van der Waals surface area (Å²) >= 11 is 1.25. The molecule has 0 atom stereocenters. The first-order valence-corrected chi connectivity index (χ1v) is 11.3. The van der Waals surface area contributed by atoms with Gasteiger partial charge in [0.25, 0.3) is 11.6 Å². The average Bonchev–Trinajstić information content (AvgIpc) is 3.13. The van der Waals surface area contributed by atoms with Gasteiger partial charge in [-0.05, 0) is 72.8 Å². The molecule has 7 nitrogen and oxygen atoms in total. The number of nitro benzene ring substituents is 1. The molecule has 172 valence electrons. The van der Waals surface area contributed by atoms with Crippen molar-refractivity contribution in [3.63, 3.8) is 0 Å². The second kappa shape index (κ2) is 10.3. The Morgan fingerprint density at radius 1 is 1.09 bits per heavy atom. The molecular weight excluding hydrogens is 457 g/mol. The number of carbonyl (C=O) groups is 1. The lowest BCUT2D eigenvalue weighted by Gasteiger charge is -2.12. The molecule has 9 heteroatoms. The van der Waals surface area contributed by atoms with Crippen LogP contribution in [-0.2, 0) is 11.4 Å². The van der Waals surface area contributed by atoms with Crippen molar-refractivity contribution in [1.82, 2.24) is 4.90 Å². The number of non-ortho nitro benzene ring substituents is 1. The number of halogens is 1. The van der Waals surface area contributed by atoms with Crippen molar-refractivity contribution in [2.24, 2.45) is 4.99 Å². The van der Waals surface area contributed by atoms with E-state index >= 15 is 0 Å². The zero-order chi connectivity index (χ0) is 24.1. The van der Waals surface area contributed by atoms with E-state index < -0.39 is 4.92 Å². The van der Waals surface area contributed by atoms with Crippen LogP contribution >= 0.6 is 11.8 Å². The molecule has 3 aromatic carbocycles. The number of para-hydroxylation sites is 1. The number of hydrogen-bond acceptors (Lipinski definition) is 6. The number of amides is 1. The highest BCUT2D eigenvalue weighted by molar-refractivity contribution is 8.18. The van der Waals surface area contributed by atoms with Crippen LogP contribution in [0.1, 0.15) is 18.1 Å². The molecule has 1 fully saturated rings. The molecule has 1 aliphatic heterocycles. The molecule has 0 spiro atoms. The van der Waals surface area contributed by atoms with E-state index in [1.807, 2.05) is 25.1 Å². The van der Waals surface area contributed by atoms with Crippen molar-refractivity contribution < 1.29 is 18.8 Å². The lowest BCUT2D eigenvalue weighted by molar-refractivity contribution is -0.384. The quantitative estimate of drug-likeness (QED) is 0.239. The number of amidine groups is 1. The van der Waals surface area contributed by atoms with Crippen molar-refractivity contribution in [2.75, 3.05) is 6.54 Å². The molecular formula is C25H20FN3O4S. The van der Waals surface area contributed by atoms with E-state index in [0.29, 0.717) is 28.1 Å². The zero-order valence-corrected chi connectivity index (χ0v) is 19.0. The highest BCUT2D eigenvalue weighted by atomic mass is 32.2. The van der Waals surface area contributed by atoms with Crippen LogP contribution in [0, 0.1) is 15.9 Å². The van der Waals surface area contributed by atoms with Gasteiger partial charge in [-0.1, -0.05) is 18.2 Å². The minimum atomic E-state index is -0.449. The summed E-state index contributed by atoms with van der Waals surface area (Å²) < 4.78 is 19.1. The minimum Gasteiger partial charge on any atom is -0.488 e. The van der Waals surface area contributed by atoms with Gasteiger partial charge in [0.15, 0.2) is 5.17 Å². The normalized spacial score (nSPS) is 15.8. The highest BCUT2D eigenvalue weighted by Gasteiger charge is 2.32. The van der Waals surface area contributed by atoms with Crippen LogP contribution in [0.3, 0.4) is 0 Å². The van der Waals surface area contributed by atoms with Gasteiger partial charge in [0.2, 0.25) is 0 Å². The molecule has 0 aliphatic carbocycles. The van der Waals surface area contributed by atoms with Crippen molar-refractivity contribution in [1.29, 1.82) is 0 Å². The molecule has 0 aromatic heterocycles. The fourth-order valence-electron chi connectivity index (χ4n) is 3.24. The third kappa shape index (κ3) is 5.32. The average molecular weight is 478 g/mol. The Hall–Kier alpha value is -3.98. The molecule has 0 radical (unpaired) electrons. The Bertz CT molecular complexity index is 1270. The lowest BCUT2D eigenvalue weighted by atomic mass is 10.1. The summed E-state index contributed by atoms with van der Waals surface area (Å²) in [6, 6.07) is 19.2. The van der Waals surface area contributed by atoms with Gasteiger partial charge < -0.3 is 4.74 Å². The number of aliphatic imine (C=N–C) groups is 1. The van der Waals surface area contributed by atoms with Crippen LogP contribution in [0.5, 0.6) is 5.75 Å². The van der Waals surface area contributed by atoms with Gasteiger partial charge in [0.1, 0.15) is 18.2 Å². The third-order valence-corrected chi connectivity index (χ3v) is 6.01. The minimum absolute atomic E-state index is 0.0178. The first-order valence-electron chi connectivity index (χ1n) is 10.5. The Kier molecular flexibility index (Phi) is 7.03. The predicted octanol–water partition coefficient (Wildman–Crippen LogP) is 5.94. The molecule has 0 unspecified atom stereocenters. The van der Waals surface area contributed by atoms with Gasteiger partial charge >= 0.3 is 0 Å². The molecule has 34 heavy (non-hydrogen) atoms.